The van der Waals surface area contributed by atoms with E-state index >= 15 is 0 Å². The summed E-state index contributed by atoms with van der Waals surface area (Å²) >= 11 is 0. The van der Waals surface area contributed by atoms with Gasteiger partial charge in [-0.3, -0.25) is 4.79 Å². The largest absolute Gasteiger partial charge is 0.550 e. The summed E-state index contributed by atoms with van der Waals surface area (Å²) in [7, 11) is 0. The lowest BCUT2D eigenvalue weighted by Crippen LogP contribution is -2.22. The average molecular weight is 347 g/mol. The quantitative estimate of drug-likeness (QED) is 0.742. The molecule has 3 aromatic rings. The lowest BCUT2D eigenvalue weighted by atomic mass is 10.1. The van der Waals surface area contributed by atoms with Crippen molar-refractivity contribution in [2.75, 3.05) is 0 Å². The summed E-state index contributed by atoms with van der Waals surface area (Å²) < 4.78 is 2.00. The molecule has 0 aliphatic carbocycles. The van der Waals surface area contributed by atoms with Gasteiger partial charge in [0.15, 0.2) is 0 Å². The molecule has 2 N–H and O–H groups in total. The van der Waals surface area contributed by atoms with Crippen molar-refractivity contribution < 1.29 is 14.7 Å². The number of benzene rings is 2. The van der Waals surface area contributed by atoms with Gasteiger partial charge in [-0.05, 0) is 61.7 Å². The maximum absolute atomic E-state index is 11.3. The SMILES string of the molecule is Cc1ccc(-c2ccc(CCC(=O)[O-])n2-c2ccc(C(N)=O)cc2)cc1. The Hall–Kier alpha value is -3.34. The van der Waals surface area contributed by atoms with Gasteiger partial charge in [0, 0.05) is 22.9 Å². The van der Waals surface area contributed by atoms with Gasteiger partial charge in [0.1, 0.15) is 0 Å². The van der Waals surface area contributed by atoms with Gasteiger partial charge in [0.05, 0.1) is 5.69 Å². The number of carboxylic acid groups (broad SMARTS) is 1. The summed E-state index contributed by atoms with van der Waals surface area (Å²) in [5.41, 5.74) is 10.6. The van der Waals surface area contributed by atoms with Crippen molar-refractivity contribution in [2.24, 2.45) is 5.73 Å². The van der Waals surface area contributed by atoms with Gasteiger partial charge >= 0.3 is 0 Å². The van der Waals surface area contributed by atoms with E-state index in [4.69, 9.17) is 5.73 Å². The number of carboxylic acids is 1. The minimum absolute atomic E-state index is 0.0588. The lowest BCUT2D eigenvalue weighted by molar-refractivity contribution is -0.305. The summed E-state index contributed by atoms with van der Waals surface area (Å²) in [5, 5.41) is 10.9. The number of carbonyl (C=O) groups excluding carboxylic acids is 2. The van der Waals surface area contributed by atoms with Crippen LogP contribution in [-0.2, 0) is 11.2 Å². The summed E-state index contributed by atoms with van der Waals surface area (Å²) in [6.45, 7) is 2.02. The molecule has 0 fully saturated rings. The molecule has 1 heterocycles. The van der Waals surface area contributed by atoms with Gasteiger partial charge in [0.2, 0.25) is 5.91 Å². The number of hydrogen-bond acceptors (Lipinski definition) is 3. The van der Waals surface area contributed by atoms with Crippen LogP contribution < -0.4 is 10.8 Å². The molecule has 1 aromatic heterocycles. The molecular weight excluding hydrogens is 328 g/mol. The minimum Gasteiger partial charge on any atom is -0.550 e. The first-order valence-electron chi connectivity index (χ1n) is 8.33. The fourth-order valence-electron chi connectivity index (χ4n) is 2.93. The van der Waals surface area contributed by atoms with Crippen molar-refractivity contribution in [2.45, 2.75) is 19.8 Å². The van der Waals surface area contributed by atoms with Crippen LogP contribution in [0.5, 0.6) is 0 Å². The second kappa shape index (κ2) is 7.27. The second-order valence-electron chi connectivity index (χ2n) is 6.19. The Kier molecular flexibility index (Phi) is 4.89. The third-order valence-electron chi connectivity index (χ3n) is 4.30. The molecule has 0 aliphatic heterocycles. The molecule has 26 heavy (non-hydrogen) atoms. The zero-order valence-corrected chi connectivity index (χ0v) is 14.4. The van der Waals surface area contributed by atoms with E-state index in [0.717, 1.165) is 28.2 Å². The molecule has 5 heteroatoms. The lowest BCUT2D eigenvalue weighted by Gasteiger charge is -2.15. The summed E-state index contributed by atoms with van der Waals surface area (Å²) in [6.07, 6.45) is 0.294. The van der Waals surface area contributed by atoms with Crippen LogP contribution in [0.4, 0.5) is 0 Å². The van der Waals surface area contributed by atoms with Crippen molar-refractivity contribution in [3.8, 4) is 16.9 Å². The first kappa shape index (κ1) is 17.5. The minimum atomic E-state index is -1.08. The summed E-state index contributed by atoms with van der Waals surface area (Å²) in [4.78, 5) is 22.2. The fraction of sp³-hybridized carbons (Fsp3) is 0.143. The topological polar surface area (TPSA) is 88.2 Å². The monoisotopic (exact) mass is 347 g/mol. The normalized spacial score (nSPS) is 10.7. The number of nitrogens with two attached hydrogens (primary N) is 1. The number of primary amides is 1. The van der Waals surface area contributed by atoms with Crippen molar-refractivity contribution in [1.82, 2.24) is 4.57 Å². The first-order valence-corrected chi connectivity index (χ1v) is 8.33. The number of rotatable bonds is 6. The van der Waals surface area contributed by atoms with Crippen LogP contribution in [-0.4, -0.2) is 16.4 Å². The van der Waals surface area contributed by atoms with Crippen molar-refractivity contribution in [3.63, 3.8) is 0 Å². The third-order valence-corrected chi connectivity index (χ3v) is 4.30. The molecule has 0 spiro atoms. The van der Waals surface area contributed by atoms with Gasteiger partial charge in [-0.2, -0.15) is 0 Å². The molecule has 2 aromatic carbocycles. The maximum atomic E-state index is 11.3. The highest BCUT2D eigenvalue weighted by Crippen LogP contribution is 2.28. The molecular formula is C21H19N2O3-. The van der Waals surface area contributed by atoms with Gasteiger partial charge in [0.25, 0.3) is 0 Å². The molecule has 0 radical (unpaired) electrons. The average Bonchev–Trinajstić information content (AvgIpc) is 3.04. The van der Waals surface area contributed by atoms with Gasteiger partial charge < -0.3 is 20.2 Å². The standard InChI is InChI=1S/C21H20N2O3/c1-14-2-4-15(5-3-14)19-12-10-18(11-13-20(24)25)23(19)17-8-6-16(7-9-17)21(22)26/h2-10,12H,11,13H2,1H3,(H2,22,26)(H,24,25)/p-1. The number of amides is 1. The van der Waals surface area contributed by atoms with E-state index in [1.54, 1.807) is 24.3 Å². The van der Waals surface area contributed by atoms with Crippen LogP contribution in [0.25, 0.3) is 16.9 Å². The van der Waals surface area contributed by atoms with Crippen molar-refractivity contribution in [1.29, 1.82) is 0 Å². The van der Waals surface area contributed by atoms with Crippen LogP contribution in [0.2, 0.25) is 0 Å². The third kappa shape index (κ3) is 3.67. The Morgan fingerprint density at radius 1 is 0.962 bits per heavy atom. The van der Waals surface area contributed by atoms with E-state index in [2.05, 4.69) is 0 Å². The summed E-state index contributed by atoms with van der Waals surface area (Å²) in [6, 6.07) is 19.0. The summed E-state index contributed by atoms with van der Waals surface area (Å²) in [5.74, 6) is -1.57. The molecule has 0 unspecified atom stereocenters. The van der Waals surface area contributed by atoms with Crippen molar-refractivity contribution >= 4 is 11.9 Å². The molecule has 0 aliphatic rings. The highest BCUT2D eigenvalue weighted by atomic mass is 16.4. The smallest absolute Gasteiger partial charge is 0.248 e. The Bertz CT molecular complexity index is 938. The number of aromatic nitrogens is 1. The predicted octanol–water partition coefficient (Wildman–Crippen LogP) is 2.23. The number of hydrogen-bond donors (Lipinski definition) is 1. The van der Waals surface area contributed by atoms with Crippen LogP contribution in [0, 0.1) is 6.92 Å². The van der Waals surface area contributed by atoms with Crippen molar-refractivity contribution in [3.05, 3.63) is 77.5 Å². The molecule has 0 saturated heterocycles. The highest BCUT2D eigenvalue weighted by molar-refractivity contribution is 5.92. The van der Waals surface area contributed by atoms with Gasteiger partial charge in [-0.1, -0.05) is 29.8 Å². The molecule has 3 rings (SSSR count). The van der Waals surface area contributed by atoms with Crippen LogP contribution >= 0.6 is 0 Å². The fourth-order valence-corrected chi connectivity index (χ4v) is 2.93. The highest BCUT2D eigenvalue weighted by Gasteiger charge is 2.12. The molecule has 1 amide bonds. The molecule has 0 atom stereocenters. The van der Waals surface area contributed by atoms with Crippen LogP contribution in [0.1, 0.15) is 28.0 Å². The van der Waals surface area contributed by atoms with Crippen LogP contribution in [0.3, 0.4) is 0 Å². The van der Waals surface area contributed by atoms with E-state index in [-0.39, 0.29) is 6.42 Å². The maximum Gasteiger partial charge on any atom is 0.248 e. The molecule has 0 bridgehead atoms. The molecule has 0 saturated carbocycles. The Balaban J connectivity index is 2.09. The van der Waals surface area contributed by atoms with E-state index in [9.17, 15) is 14.7 Å². The number of nitrogens with zero attached hydrogens (tertiary/aromatic N) is 1. The first-order chi connectivity index (χ1) is 12.5. The molecule has 132 valence electrons. The zero-order valence-electron chi connectivity index (χ0n) is 14.4. The Morgan fingerprint density at radius 3 is 2.19 bits per heavy atom. The molecule has 5 nitrogen and oxygen atoms in total. The van der Waals surface area contributed by atoms with Gasteiger partial charge in [-0.15, -0.1) is 0 Å². The Labute approximate surface area is 151 Å². The van der Waals surface area contributed by atoms with E-state index < -0.39 is 11.9 Å². The number of carbonyl (C=O) groups is 2. The van der Waals surface area contributed by atoms with Crippen LogP contribution in [0.15, 0.2) is 60.7 Å². The van der Waals surface area contributed by atoms with E-state index in [0.29, 0.717) is 12.0 Å². The Morgan fingerprint density at radius 2 is 1.62 bits per heavy atom. The zero-order chi connectivity index (χ0) is 18.7. The predicted molar refractivity (Wildman–Crippen MR) is 97.8 cm³/mol. The number of aryl methyl sites for hydroxylation is 2. The van der Waals surface area contributed by atoms with Gasteiger partial charge in [-0.25, -0.2) is 0 Å². The van der Waals surface area contributed by atoms with E-state index in [1.807, 2.05) is 47.9 Å². The number of aliphatic carboxylic acids is 1. The second-order valence-corrected chi connectivity index (χ2v) is 6.19. The van der Waals surface area contributed by atoms with E-state index in [1.165, 1.54) is 0 Å².